The van der Waals surface area contributed by atoms with Crippen LogP contribution in [0.25, 0.3) is 0 Å². The molecule has 0 bridgehead atoms. The summed E-state index contributed by atoms with van der Waals surface area (Å²) >= 11 is 0. The first-order valence-electron chi connectivity index (χ1n) is 7.92. The normalized spacial score (nSPS) is 19.0. The molecule has 1 saturated carbocycles. The van der Waals surface area contributed by atoms with Gasteiger partial charge in [0, 0.05) is 45.8 Å². The third kappa shape index (κ3) is 4.00. The number of sulfonamides is 1. The van der Waals surface area contributed by atoms with E-state index in [1.165, 1.54) is 6.20 Å². The van der Waals surface area contributed by atoms with E-state index in [1.54, 1.807) is 24.0 Å². The smallest absolute Gasteiger partial charge is 0.242 e. The molecule has 0 unspecified atom stereocenters. The number of pyridine rings is 1. The van der Waals surface area contributed by atoms with Crippen LogP contribution in [-0.4, -0.2) is 56.9 Å². The Morgan fingerprint density at radius 3 is 2.48 bits per heavy atom. The van der Waals surface area contributed by atoms with Crippen molar-refractivity contribution < 1.29 is 13.2 Å². The lowest BCUT2D eigenvalue weighted by atomic mass is 10.3. The first kappa shape index (κ1) is 16.2. The molecule has 7 nitrogen and oxygen atoms in total. The molecule has 2 fully saturated rings. The van der Waals surface area contributed by atoms with Gasteiger partial charge >= 0.3 is 0 Å². The van der Waals surface area contributed by atoms with Gasteiger partial charge in [0.1, 0.15) is 10.7 Å². The summed E-state index contributed by atoms with van der Waals surface area (Å²) in [6.45, 7) is 4.83. The lowest BCUT2D eigenvalue weighted by Crippen LogP contribution is -2.48. The van der Waals surface area contributed by atoms with Crippen molar-refractivity contribution in [1.29, 1.82) is 0 Å². The first-order chi connectivity index (χ1) is 11.0. The number of aromatic nitrogens is 1. The number of carbonyl (C=O) groups is 1. The van der Waals surface area contributed by atoms with Gasteiger partial charge in [0.15, 0.2) is 0 Å². The quantitative estimate of drug-likeness (QED) is 0.842. The minimum atomic E-state index is -3.47. The van der Waals surface area contributed by atoms with Gasteiger partial charge in [0.2, 0.25) is 15.9 Å². The van der Waals surface area contributed by atoms with Crippen LogP contribution in [0.15, 0.2) is 23.2 Å². The molecule has 1 aliphatic carbocycles. The topological polar surface area (TPSA) is 82.6 Å². The third-order valence-corrected chi connectivity index (χ3v) is 5.75. The number of hydrogen-bond donors (Lipinski definition) is 1. The second kappa shape index (κ2) is 6.45. The minimum absolute atomic E-state index is 0.0841. The molecule has 126 valence electrons. The Bertz CT molecular complexity index is 662. The van der Waals surface area contributed by atoms with E-state index >= 15 is 0 Å². The number of rotatable bonds is 5. The summed E-state index contributed by atoms with van der Waals surface area (Å²) < 4.78 is 27.0. The number of nitrogens with one attached hydrogen (secondary N) is 1. The minimum Gasteiger partial charge on any atom is -0.353 e. The Kier molecular flexibility index (Phi) is 4.54. The zero-order chi connectivity index (χ0) is 16.4. The molecule has 2 aliphatic rings. The van der Waals surface area contributed by atoms with Crippen molar-refractivity contribution in [2.24, 2.45) is 5.92 Å². The molecule has 23 heavy (non-hydrogen) atoms. The van der Waals surface area contributed by atoms with E-state index in [2.05, 4.69) is 14.6 Å². The Labute approximate surface area is 136 Å². The fourth-order valence-electron chi connectivity index (χ4n) is 2.60. The van der Waals surface area contributed by atoms with Gasteiger partial charge in [-0.25, -0.2) is 18.1 Å². The number of hydrogen-bond acceptors (Lipinski definition) is 5. The summed E-state index contributed by atoms with van der Waals surface area (Å²) in [6.07, 6.45) is 3.61. The highest BCUT2D eigenvalue weighted by molar-refractivity contribution is 7.89. The van der Waals surface area contributed by atoms with Crippen LogP contribution < -0.4 is 9.62 Å². The first-order valence-corrected chi connectivity index (χ1v) is 9.40. The van der Waals surface area contributed by atoms with E-state index in [-0.39, 0.29) is 10.8 Å². The summed E-state index contributed by atoms with van der Waals surface area (Å²) in [5, 5.41) is 0. The Morgan fingerprint density at radius 1 is 1.26 bits per heavy atom. The highest BCUT2D eigenvalue weighted by Crippen LogP contribution is 2.28. The number of amides is 1. The fraction of sp³-hybridized carbons (Fsp3) is 0.600. The van der Waals surface area contributed by atoms with E-state index in [9.17, 15) is 13.2 Å². The van der Waals surface area contributed by atoms with E-state index in [1.807, 2.05) is 0 Å². The summed E-state index contributed by atoms with van der Waals surface area (Å²) in [7, 11) is -3.47. The molecule has 0 atom stereocenters. The van der Waals surface area contributed by atoms with Gasteiger partial charge in [-0.05, 0) is 30.9 Å². The molecule has 1 N–H and O–H groups in total. The van der Waals surface area contributed by atoms with E-state index in [4.69, 9.17) is 0 Å². The lowest BCUT2D eigenvalue weighted by molar-refractivity contribution is -0.129. The van der Waals surface area contributed by atoms with E-state index in [0.29, 0.717) is 38.6 Å². The van der Waals surface area contributed by atoms with Crippen molar-refractivity contribution in [2.45, 2.75) is 24.7 Å². The maximum Gasteiger partial charge on any atom is 0.242 e. The van der Waals surface area contributed by atoms with Crippen LogP contribution in [0.3, 0.4) is 0 Å². The summed E-state index contributed by atoms with van der Waals surface area (Å²) in [5.74, 6) is 1.32. The maximum atomic E-state index is 12.2. The van der Waals surface area contributed by atoms with Crippen molar-refractivity contribution in [3.8, 4) is 0 Å². The number of anilines is 1. The van der Waals surface area contributed by atoms with Crippen molar-refractivity contribution in [3.63, 3.8) is 0 Å². The monoisotopic (exact) mass is 338 g/mol. The van der Waals surface area contributed by atoms with Crippen molar-refractivity contribution >= 4 is 21.7 Å². The zero-order valence-corrected chi connectivity index (χ0v) is 14.1. The van der Waals surface area contributed by atoms with Crippen molar-refractivity contribution in [2.75, 3.05) is 37.6 Å². The van der Waals surface area contributed by atoms with E-state index < -0.39 is 10.0 Å². The van der Waals surface area contributed by atoms with Gasteiger partial charge < -0.3 is 9.80 Å². The number of piperazine rings is 1. The van der Waals surface area contributed by atoms with Gasteiger partial charge in [-0.2, -0.15) is 0 Å². The molecule has 1 saturated heterocycles. The van der Waals surface area contributed by atoms with Gasteiger partial charge in [-0.1, -0.05) is 0 Å². The van der Waals surface area contributed by atoms with Crippen LogP contribution in [-0.2, 0) is 14.8 Å². The average molecular weight is 338 g/mol. The van der Waals surface area contributed by atoms with Crippen molar-refractivity contribution in [3.05, 3.63) is 18.3 Å². The molecule has 0 radical (unpaired) electrons. The van der Waals surface area contributed by atoms with Gasteiger partial charge in [0.05, 0.1) is 0 Å². The van der Waals surface area contributed by atoms with Gasteiger partial charge in [-0.3, -0.25) is 4.79 Å². The van der Waals surface area contributed by atoms with Crippen molar-refractivity contribution in [1.82, 2.24) is 14.6 Å². The molecule has 1 amide bonds. The molecule has 0 spiro atoms. The second-order valence-corrected chi connectivity index (χ2v) is 7.91. The number of nitrogens with zero attached hydrogens (tertiary/aromatic N) is 3. The molecule has 1 aliphatic heterocycles. The standard InChI is InChI=1S/C15H22N4O3S/c1-12(20)18-6-8-19(9-7-18)15-5-4-14(11-16-15)23(21,22)17-10-13-2-3-13/h4-5,11,13,17H,2-3,6-10H2,1H3. The Hall–Kier alpha value is -1.67. The fourth-order valence-corrected chi connectivity index (χ4v) is 3.66. The van der Waals surface area contributed by atoms with Crippen LogP contribution in [0.1, 0.15) is 19.8 Å². The molecule has 3 rings (SSSR count). The molecule has 1 aromatic rings. The Morgan fingerprint density at radius 2 is 1.96 bits per heavy atom. The molecule has 0 aromatic carbocycles. The highest BCUT2D eigenvalue weighted by atomic mass is 32.2. The van der Waals surface area contributed by atoms with Gasteiger partial charge in [0.25, 0.3) is 0 Å². The van der Waals surface area contributed by atoms with Crippen LogP contribution >= 0.6 is 0 Å². The lowest BCUT2D eigenvalue weighted by Gasteiger charge is -2.34. The number of carbonyl (C=O) groups excluding carboxylic acids is 1. The maximum absolute atomic E-state index is 12.2. The van der Waals surface area contributed by atoms with Crippen LogP contribution in [0.5, 0.6) is 0 Å². The highest BCUT2D eigenvalue weighted by Gasteiger charge is 2.25. The van der Waals surface area contributed by atoms with Crippen LogP contribution in [0.4, 0.5) is 5.82 Å². The third-order valence-electron chi connectivity index (χ3n) is 4.34. The SMILES string of the molecule is CC(=O)N1CCN(c2ccc(S(=O)(=O)NCC3CC3)cn2)CC1. The van der Waals surface area contributed by atoms with Crippen LogP contribution in [0.2, 0.25) is 0 Å². The summed E-state index contributed by atoms with van der Waals surface area (Å²) in [4.78, 5) is 19.7. The van der Waals surface area contributed by atoms with Gasteiger partial charge in [-0.15, -0.1) is 0 Å². The molecule has 8 heteroatoms. The Balaban J connectivity index is 1.61. The molecule has 1 aromatic heterocycles. The predicted molar refractivity (Wildman–Crippen MR) is 86.6 cm³/mol. The average Bonchev–Trinajstić information content (AvgIpc) is 3.38. The largest absolute Gasteiger partial charge is 0.353 e. The summed E-state index contributed by atoms with van der Waals surface area (Å²) in [5.41, 5.74) is 0. The molecular weight excluding hydrogens is 316 g/mol. The second-order valence-electron chi connectivity index (χ2n) is 6.14. The molecule has 2 heterocycles. The molecular formula is C15H22N4O3S. The van der Waals surface area contributed by atoms with E-state index in [0.717, 1.165) is 18.7 Å². The predicted octanol–water partition coefficient (Wildman–Crippen LogP) is 0.438. The van der Waals surface area contributed by atoms with Crippen LogP contribution in [0, 0.1) is 5.92 Å². The zero-order valence-electron chi connectivity index (χ0n) is 13.2. The summed E-state index contributed by atoms with van der Waals surface area (Å²) in [6, 6.07) is 3.32.